The predicted molar refractivity (Wildman–Crippen MR) is 92.0 cm³/mol. The minimum Gasteiger partial charge on any atom is -0.550 e. The van der Waals surface area contributed by atoms with Gasteiger partial charge in [0.2, 0.25) is 0 Å². The van der Waals surface area contributed by atoms with Crippen LogP contribution in [0.15, 0.2) is 0 Å². The van der Waals surface area contributed by atoms with E-state index in [1.54, 1.807) is 13.8 Å². The molecule has 0 amide bonds. The maximum atomic E-state index is 9.96. The first-order valence-electron chi connectivity index (χ1n) is 5.88. The minimum atomic E-state index is -1.12. The molecule has 0 aromatic heterocycles. The largest absolute Gasteiger partial charge is 0.550 e. The highest BCUT2D eigenvalue weighted by Crippen LogP contribution is 2.10. The second-order valence-electron chi connectivity index (χ2n) is 5.37. The number of carbonyl (C=O) groups excluding carboxylic acids is 2. The smallest absolute Gasteiger partial charge is 0.354 e. The van der Waals surface area contributed by atoms with E-state index in [4.69, 9.17) is 24.9 Å². The van der Waals surface area contributed by atoms with Crippen molar-refractivity contribution in [2.75, 3.05) is 0 Å². The third-order valence-electron chi connectivity index (χ3n) is 1.13. The standard InChI is InChI=1S/2C5H8O2.2C2H4O2.2CH3.2H2/c2*1-5(2,3)4(6)7;2*1-2(3)4;;;;/h2*1H2,2-3H3;2*1H3,(H,3,4);2*1H3;2*1H/q;;;;2*+1;;. The summed E-state index contributed by atoms with van der Waals surface area (Å²) >= 11 is 0. The van der Waals surface area contributed by atoms with E-state index in [-0.39, 0.29) is 17.7 Å². The number of hydrogen-bond donors (Lipinski definition) is 2. The third kappa shape index (κ3) is 74.5. The summed E-state index contributed by atoms with van der Waals surface area (Å²) < 4.78 is 0. The van der Waals surface area contributed by atoms with Crippen molar-refractivity contribution in [2.24, 2.45) is 10.8 Å². The van der Waals surface area contributed by atoms with Crippen molar-refractivity contribution in [3.05, 3.63) is 28.7 Å². The highest BCUT2D eigenvalue weighted by Gasteiger charge is 2.27. The Kier molecular flexibility index (Phi) is 26.2. The molecule has 8 heteroatoms. The Bertz CT molecular complexity index is 325. The summed E-state index contributed by atoms with van der Waals surface area (Å²) in [6.45, 7) is 14.8. The lowest BCUT2D eigenvalue weighted by Crippen LogP contribution is -2.35. The van der Waals surface area contributed by atoms with Crippen LogP contribution >= 0.6 is 0 Å². The van der Waals surface area contributed by atoms with Crippen LogP contribution < -0.4 is 10.2 Å². The van der Waals surface area contributed by atoms with Crippen LogP contribution in [0.3, 0.4) is 0 Å². The van der Waals surface area contributed by atoms with Gasteiger partial charge < -0.3 is 30.0 Å². The van der Waals surface area contributed by atoms with Gasteiger partial charge in [-0.15, -0.1) is 0 Å². The Morgan fingerprint density at radius 2 is 0.917 bits per heavy atom. The first kappa shape index (κ1) is 37.5. The number of aliphatic carboxylic acids is 4. The summed E-state index contributed by atoms with van der Waals surface area (Å²) in [6.07, 6.45) is 0. The fourth-order valence-corrected chi connectivity index (χ4v) is 0. The molecule has 0 bridgehead atoms. The number of carboxylic acids is 4. The molecule has 0 saturated carbocycles. The second-order valence-corrected chi connectivity index (χ2v) is 5.37. The van der Waals surface area contributed by atoms with E-state index in [2.05, 4.69) is 13.8 Å². The fraction of sp³-hybridized carbons (Fsp3) is 0.500. The molecule has 2 N–H and O–H groups in total. The van der Waals surface area contributed by atoms with Crippen molar-refractivity contribution in [3.8, 4) is 0 Å². The molecule has 0 atom stereocenters. The van der Waals surface area contributed by atoms with Gasteiger partial charge in [-0.1, -0.05) is 0 Å². The molecule has 144 valence electrons. The van der Waals surface area contributed by atoms with Crippen molar-refractivity contribution >= 4 is 23.9 Å². The molecule has 0 spiro atoms. The van der Waals surface area contributed by atoms with E-state index >= 15 is 0 Å². The van der Waals surface area contributed by atoms with E-state index in [9.17, 15) is 14.7 Å². The van der Waals surface area contributed by atoms with Crippen LogP contribution in [0.5, 0.6) is 0 Å². The molecule has 0 unspecified atom stereocenters. The maximum absolute atomic E-state index is 9.96. The van der Waals surface area contributed by atoms with Crippen molar-refractivity contribution < 1.29 is 42.5 Å². The Hall–Kier alpha value is -2.64. The van der Waals surface area contributed by atoms with Gasteiger partial charge in [0.15, 0.2) is 5.41 Å². The highest BCUT2D eigenvalue weighted by atomic mass is 16.4. The minimum absolute atomic E-state index is 0. The van der Waals surface area contributed by atoms with Crippen LogP contribution in [0.2, 0.25) is 0 Å². The molecule has 0 aliphatic heterocycles. The number of carboxylic acid groups (broad SMARTS) is 4. The van der Waals surface area contributed by atoms with Crippen molar-refractivity contribution in [1.82, 2.24) is 0 Å². The summed E-state index contributed by atoms with van der Waals surface area (Å²) in [5.41, 5.74) is -1.78. The van der Waals surface area contributed by atoms with Gasteiger partial charge in [-0.05, 0) is 34.6 Å². The average molecular weight is 354 g/mol. The van der Waals surface area contributed by atoms with E-state index in [1.807, 2.05) is 0 Å². The van der Waals surface area contributed by atoms with Crippen LogP contribution in [0.25, 0.3) is 0 Å². The van der Waals surface area contributed by atoms with E-state index in [1.165, 1.54) is 13.8 Å². The summed E-state index contributed by atoms with van der Waals surface area (Å²) in [7, 11) is 0. The summed E-state index contributed by atoms with van der Waals surface area (Å²) in [6, 6.07) is 0. The topological polar surface area (TPSA) is 155 Å². The lowest BCUT2D eigenvalue weighted by Gasteiger charge is -2.10. The quantitative estimate of drug-likeness (QED) is 0.689. The first-order valence-corrected chi connectivity index (χ1v) is 5.88. The van der Waals surface area contributed by atoms with E-state index < -0.39 is 34.7 Å². The van der Waals surface area contributed by atoms with Gasteiger partial charge in [0.25, 0.3) is 5.97 Å². The molecule has 0 radical (unpaired) electrons. The second kappa shape index (κ2) is 16.7. The van der Waals surface area contributed by atoms with Crippen molar-refractivity contribution in [3.63, 3.8) is 0 Å². The fourth-order valence-electron chi connectivity index (χ4n) is 0. The van der Waals surface area contributed by atoms with Gasteiger partial charge in [-0.25, -0.2) is 4.79 Å². The molecule has 0 saturated heterocycles. The van der Waals surface area contributed by atoms with Gasteiger partial charge in [-0.2, -0.15) is 0 Å². The molecule has 0 aliphatic carbocycles. The predicted octanol–water partition coefficient (Wildman–Crippen LogP) is 0.768. The normalized spacial score (nSPS) is 8.58. The molecule has 24 heavy (non-hydrogen) atoms. The summed E-state index contributed by atoms with van der Waals surface area (Å²) in [5, 5.41) is 34.3. The number of hydrogen-bond acceptors (Lipinski definition) is 6. The molecule has 8 nitrogen and oxygen atoms in total. The molecular formula is C16H34O8+2. The van der Waals surface area contributed by atoms with Gasteiger partial charge >= 0.3 is 5.97 Å². The van der Waals surface area contributed by atoms with Gasteiger partial charge in [-0.3, -0.25) is 4.79 Å². The third-order valence-corrected chi connectivity index (χ3v) is 1.13. The Balaban J connectivity index is -0.0000000271. The molecule has 0 fully saturated rings. The Morgan fingerprint density at radius 3 is 0.917 bits per heavy atom. The van der Waals surface area contributed by atoms with E-state index in [0.29, 0.717) is 0 Å². The molecule has 0 aromatic carbocycles. The monoisotopic (exact) mass is 354 g/mol. The average Bonchev–Trinajstić information content (AvgIpc) is 2.12. The molecule has 0 heterocycles. The highest BCUT2D eigenvalue weighted by molar-refractivity contribution is 5.74. The van der Waals surface area contributed by atoms with Crippen LogP contribution in [0.4, 0.5) is 0 Å². The zero-order chi connectivity index (χ0) is 19.3. The zero-order valence-electron chi connectivity index (χ0n) is 15.8. The van der Waals surface area contributed by atoms with Crippen LogP contribution in [0, 0.1) is 39.5 Å². The number of rotatable bonds is 2. The van der Waals surface area contributed by atoms with Gasteiger partial charge in [0.05, 0.1) is 19.8 Å². The van der Waals surface area contributed by atoms with Crippen molar-refractivity contribution in [2.45, 2.75) is 41.5 Å². The van der Waals surface area contributed by atoms with Crippen LogP contribution in [-0.2, 0) is 19.2 Å². The van der Waals surface area contributed by atoms with Gasteiger partial charge in [0.1, 0.15) is 5.41 Å². The number of carbonyl (C=O) groups is 4. The first-order chi connectivity index (χ1) is 9.35. The Labute approximate surface area is 148 Å². The Morgan fingerprint density at radius 1 is 0.833 bits per heavy atom. The molecule has 0 aromatic rings. The molecule has 0 aliphatic rings. The van der Waals surface area contributed by atoms with Crippen LogP contribution in [0.1, 0.15) is 44.4 Å². The maximum Gasteiger partial charge on any atom is 0.354 e. The lowest BCUT2D eigenvalue weighted by atomic mass is 9.98. The molecular weight excluding hydrogens is 320 g/mol. The zero-order valence-corrected chi connectivity index (χ0v) is 15.8. The van der Waals surface area contributed by atoms with Crippen molar-refractivity contribution in [1.29, 1.82) is 0 Å². The SMILES string of the molecule is CC(=O)O.CC(=O)[O-].[CH2+]C(C)(C)C(=O)O.[CH2+]C(C)(C)C(=O)[O-].[CH3+].[CH3+].[HH].[HH]. The summed E-state index contributed by atoms with van der Waals surface area (Å²) in [5.74, 6) is -3.90. The molecule has 0 rings (SSSR count). The van der Waals surface area contributed by atoms with Gasteiger partial charge in [0, 0.05) is 30.6 Å². The van der Waals surface area contributed by atoms with Crippen LogP contribution in [-0.4, -0.2) is 34.1 Å². The van der Waals surface area contributed by atoms with E-state index in [0.717, 1.165) is 13.8 Å². The lowest BCUT2D eigenvalue weighted by molar-refractivity contribution is -0.315. The summed E-state index contributed by atoms with van der Waals surface area (Å²) in [4.78, 5) is 37.7.